The first kappa shape index (κ1) is 11.2. The van der Waals surface area contributed by atoms with Crippen molar-refractivity contribution >= 4 is 5.91 Å². The maximum Gasteiger partial charge on any atom is 0.383 e. The Balaban J connectivity index is 4.07. The summed E-state index contributed by atoms with van der Waals surface area (Å²) in [6.07, 6.45) is -3.53. The molecule has 0 aromatic rings. The first-order valence-corrected chi connectivity index (χ1v) is 3.37. The predicted molar refractivity (Wildman–Crippen MR) is 34.3 cm³/mol. The fourth-order valence-corrected chi connectivity index (χ4v) is 0.455. The smallest absolute Gasteiger partial charge is 0.351 e. The summed E-state index contributed by atoms with van der Waals surface area (Å²) in [5.41, 5.74) is 0. The van der Waals surface area contributed by atoms with Crippen LogP contribution in [0.5, 0.6) is 0 Å². The minimum Gasteiger partial charge on any atom is -0.351 e. The summed E-state index contributed by atoms with van der Waals surface area (Å²) >= 11 is 0. The van der Waals surface area contributed by atoms with Crippen molar-refractivity contribution < 1.29 is 22.4 Å². The van der Waals surface area contributed by atoms with Crippen molar-refractivity contribution in [1.29, 1.82) is 0 Å². The highest BCUT2D eigenvalue weighted by molar-refractivity contribution is 5.83. The van der Waals surface area contributed by atoms with Gasteiger partial charge in [-0.15, -0.1) is 0 Å². The molecule has 6 heteroatoms. The Morgan fingerprint density at radius 3 is 2.33 bits per heavy atom. The Kier molecular flexibility index (Phi) is 3.99. The average molecular weight is 187 g/mol. The van der Waals surface area contributed by atoms with Crippen molar-refractivity contribution in [2.24, 2.45) is 0 Å². The number of amides is 1. The lowest BCUT2D eigenvalue weighted by Gasteiger charge is -2.13. The molecular weight excluding hydrogens is 178 g/mol. The maximum atomic E-state index is 12.1. The lowest BCUT2D eigenvalue weighted by Crippen LogP contribution is -2.45. The number of alkyl halides is 4. The Bertz CT molecular complexity index is 160. The molecule has 0 aromatic heterocycles. The fraction of sp³-hybridized carbons (Fsp3) is 0.833. The van der Waals surface area contributed by atoms with Gasteiger partial charge >= 0.3 is 12.3 Å². The Hall–Kier alpha value is -0.810. The molecule has 0 atom stereocenters. The van der Waals surface area contributed by atoms with E-state index in [0.29, 0.717) is 6.42 Å². The molecule has 0 unspecified atom stereocenters. The first-order chi connectivity index (χ1) is 5.42. The van der Waals surface area contributed by atoms with E-state index in [1.165, 1.54) is 0 Å². The van der Waals surface area contributed by atoms with Gasteiger partial charge in [0.05, 0.1) is 0 Å². The largest absolute Gasteiger partial charge is 0.383 e. The Morgan fingerprint density at radius 1 is 1.50 bits per heavy atom. The van der Waals surface area contributed by atoms with Gasteiger partial charge in [0.1, 0.15) is 0 Å². The van der Waals surface area contributed by atoms with E-state index in [9.17, 15) is 22.4 Å². The monoisotopic (exact) mass is 187 g/mol. The minimum atomic E-state index is -4.57. The highest BCUT2D eigenvalue weighted by Gasteiger charge is 2.48. The quantitative estimate of drug-likeness (QED) is 0.662. The standard InChI is InChI=1S/C6H9F4NO/c1-2-3-11-5(12)6(9,10)4(7)8/h4H,2-3H2,1H3,(H,11,12). The number of nitrogens with one attached hydrogen (secondary N) is 1. The molecule has 0 saturated carbocycles. The third-order valence-electron chi connectivity index (χ3n) is 1.11. The molecule has 0 aliphatic rings. The van der Waals surface area contributed by atoms with Crippen LogP contribution in [0.4, 0.5) is 17.6 Å². The lowest BCUT2D eigenvalue weighted by molar-refractivity contribution is -0.169. The van der Waals surface area contributed by atoms with Gasteiger partial charge < -0.3 is 5.32 Å². The van der Waals surface area contributed by atoms with Crippen LogP contribution in [-0.4, -0.2) is 24.8 Å². The number of halogens is 4. The van der Waals surface area contributed by atoms with E-state index in [0.717, 1.165) is 0 Å². The second-order valence-corrected chi connectivity index (χ2v) is 2.18. The number of hydrogen-bond acceptors (Lipinski definition) is 1. The fourth-order valence-electron chi connectivity index (χ4n) is 0.455. The molecule has 0 aromatic carbocycles. The summed E-state index contributed by atoms with van der Waals surface area (Å²) < 4.78 is 47.2. The highest BCUT2D eigenvalue weighted by Crippen LogP contribution is 2.22. The topological polar surface area (TPSA) is 29.1 Å². The molecule has 0 saturated heterocycles. The molecule has 0 bridgehead atoms. The van der Waals surface area contributed by atoms with Crippen LogP contribution >= 0.6 is 0 Å². The van der Waals surface area contributed by atoms with Crippen molar-refractivity contribution in [1.82, 2.24) is 5.32 Å². The van der Waals surface area contributed by atoms with Crippen molar-refractivity contribution in [3.63, 3.8) is 0 Å². The third-order valence-corrected chi connectivity index (χ3v) is 1.11. The van der Waals surface area contributed by atoms with Gasteiger partial charge in [-0.1, -0.05) is 6.92 Å². The maximum absolute atomic E-state index is 12.1. The summed E-state index contributed by atoms with van der Waals surface area (Å²) in [4.78, 5) is 10.3. The highest BCUT2D eigenvalue weighted by atomic mass is 19.3. The molecule has 2 nitrogen and oxygen atoms in total. The SMILES string of the molecule is CCCNC(=O)C(F)(F)C(F)F. The number of rotatable bonds is 4. The van der Waals surface area contributed by atoms with Gasteiger partial charge in [-0.25, -0.2) is 8.78 Å². The van der Waals surface area contributed by atoms with Gasteiger partial charge in [-0.3, -0.25) is 4.79 Å². The van der Waals surface area contributed by atoms with E-state index in [-0.39, 0.29) is 6.54 Å². The summed E-state index contributed by atoms with van der Waals surface area (Å²) in [6, 6.07) is 0. The average Bonchev–Trinajstić information content (AvgIpc) is 1.99. The van der Waals surface area contributed by atoms with Gasteiger partial charge in [-0.05, 0) is 6.42 Å². The minimum absolute atomic E-state index is 0.0266. The van der Waals surface area contributed by atoms with Crippen LogP contribution < -0.4 is 5.32 Å². The molecule has 1 amide bonds. The molecule has 0 radical (unpaired) electrons. The molecule has 0 aliphatic carbocycles. The van der Waals surface area contributed by atoms with E-state index < -0.39 is 18.3 Å². The van der Waals surface area contributed by atoms with E-state index in [1.807, 2.05) is 0 Å². The zero-order chi connectivity index (χ0) is 9.78. The van der Waals surface area contributed by atoms with Crippen LogP contribution in [0, 0.1) is 0 Å². The second kappa shape index (κ2) is 4.27. The predicted octanol–water partition coefficient (Wildman–Crippen LogP) is 1.41. The molecule has 0 fully saturated rings. The van der Waals surface area contributed by atoms with Gasteiger partial charge in [0.25, 0.3) is 5.91 Å². The van der Waals surface area contributed by atoms with Crippen molar-refractivity contribution in [3.8, 4) is 0 Å². The van der Waals surface area contributed by atoms with Gasteiger partial charge in [0.2, 0.25) is 0 Å². The van der Waals surface area contributed by atoms with Crippen molar-refractivity contribution in [2.75, 3.05) is 6.54 Å². The molecule has 72 valence electrons. The summed E-state index contributed by atoms with van der Waals surface area (Å²) in [7, 11) is 0. The second-order valence-electron chi connectivity index (χ2n) is 2.18. The van der Waals surface area contributed by atoms with Gasteiger partial charge in [0, 0.05) is 6.54 Å². The molecule has 0 rings (SSSR count). The number of hydrogen-bond donors (Lipinski definition) is 1. The molecular formula is C6H9F4NO. The van der Waals surface area contributed by atoms with E-state index in [4.69, 9.17) is 0 Å². The van der Waals surface area contributed by atoms with E-state index in [2.05, 4.69) is 0 Å². The zero-order valence-electron chi connectivity index (χ0n) is 6.41. The summed E-state index contributed by atoms with van der Waals surface area (Å²) in [6.45, 7) is 1.60. The number of carbonyl (C=O) groups excluding carboxylic acids is 1. The van der Waals surface area contributed by atoms with Gasteiger partial charge in [0.15, 0.2) is 0 Å². The normalized spacial score (nSPS) is 11.8. The molecule has 0 aliphatic heterocycles. The van der Waals surface area contributed by atoms with Crippen LogP contribution in [0.3, 0.4) is 0 Å². The van der Waals surface area contributed by atoms with E-state index in [1.54, 1.807) is 12.2 Å². The summed E-state index contributed by atoms with van der Waals surface area (Å²) in [5, 5.41) is 1.68. The van der Waals surface area contributed by atoms with Crippen LogP contribution in [0.25, 0.3) is 0 Å². The van der Waals surface area contributed by atoms with Crippen molar-refractivity contribution in [2.45, 2.75) is 25.7 Å². The van der Waals surface area contributed by atoms with Crippen LogP contribution in [0.15, 0.2) is 0 Å². The molecule has 12 heavy (non-hydrogen) atoms. The Morgan fingerprint density at radius 2 is 2.00 bits per heavy atom. The molecule has 1 N–H and O–H groups in total. The lowest BCUT2D eigenvalue weighted by atomic mass is 10.3. The molecule has 0 heterocycles. The first-order valence-electron chi connectivity index (χ1n) is 3.37. The van der Waals surface area contributed by atoms with Crippen LogP contribution in [0.1, 0.15) is 13.3 Å². The Labute approximate surface area is 66.9 Å². The number of carbonyl (C=O) groups is 1. The third kappa shape index (κ3) is 2.67. The zero-order valence-corrected chi connectivity index (χ0v) is 6.41. The van der Waals surface area contributed by atoms with Crippen molar-refractivity contribution in [3.05, 3.63) is 0 Å². The van der Waals surface area contributed by atoms with Crippen LogP contribution in [0.2, 0.25) is 0 Å². The van der Waals surface area contributed by atoms with Gasteiger partial charge in [-0.2, -0.15) is 8.78 Å². The van der Waals surface area contributed by atoms with E-state index >= 15 is 0 Å². The van der Waals surface area contributed by atoms with Crippen LogP contribution in [-0.2, 0) is 4.79 Å². The molecule has 0 spiro atoms. The summed E-state index contributed by atoms with van der Waals surface area (Å²) in [5.74, 6) is -6.49.